The van der Waals surface area contributed by atoms with E-state index in [0.29, 0.717) is 0 Å². The molecule has 48 valence electrons. The molecule has 0 bridgehead atoms. The molecule has 0 saturated heterocycles. The Hall–Kier alpha value is 6.62. The van der Waals surface area contributed by atoms with Crippen LogP contribution in [0.1, 0.15) is 13.8 Å². The summed E-state index contributed by atoms with van der Waals surface area (Å²) in [4.78, 5) is 0. The Morgan fingerprint density at radius 3 is 0.400 bits per heavy atom. The van der Waals surface area contributed by atoms with Crippen LogP contribution in [-0.4, -0.2) is 0 Å². The molecule has 0 aliphatic heterocycles. The third kappa shape index (κ3) is 61.9. The zero-order valence-corrected chi connectivity index (χ0v) is 24.5. The molecule has 0 spiro atoms. The molecule has 10 heavy (non-hydrogen) atoms. The Bertz CT molecular complexity index is 9.71. The van der Waals surface area contributed by atoms with Crippen molar-refractivity contribution in [1.29, 1.82) is 0 Å². The first-order valence-electron chi connectivity index (χ1n) is 1.00. The van der Waals surface area contributed by atoms with Crippen molar-refractivity contribution < 1.29 is 196 Å². The van der Waals surface area contributed by atoms with Gasteiger partial charge in [0.2, 0.25) is 0 Å². The van der Waals surface area contributed by atoms with E-state index in [4.69, 9.17) is 0 Å². The fraction of sp³-hybridized carbons (Fsp3) is 0.500. The van der Waals surface area contributed by atoms with Crippen molar-refractivity contribution in [3.8, 4) is 0 Å². The Morgan fingerprint density at radius 2 is 0.400 bits per heavy atom. The second kappa shape index (κ2) is 76.2. The molecule has 0 aromatic rings. The van der Waals surface area contributed by atoms with Gasteiger partial charge in [0.1, 0.15) is 0 Å². The zero-order chi connectivity index (χ0) is 2.00. The molecular weight excluding hydrogens is 581 g/mol. The van der Waals surface area contributed by atoms with Gasteiger partial charge in [0, 0.05) is 196 Å². The average Bonchev–Trinajstić information content (AvgIpc) is 1.00. The van der Waals surface area contributed by atoms with Gasteiger partial charge in [-0.15, -0.1) is 0 Å². The topological polar surface area (TPSA) is 0 Å². The van der Waals surface area contributed by atoms with Crippen molar-refractivity contribution in [2.24, 2.45) is 0 Å². The number of hydrogen-bond donors (Lipinski definition) is 0. The van der Waals surface area contributed by atoms with Crippen LogP contribution in [0, 0.1) is 14.9 Å². The van der Waals surface area contributed by atoms with Crippen molar-refractivity contribution in [1.82, 2.24) is 0 Å². The molecule has 0 aromatic heterocycles. The predicted octanol–water partition coefficient (Wildman–Crippen LogP) is 1.91. The molecule has 0 rings (SSSR count). The summed E-state index contributed by atoms with van der Waals surface area (Å²) >= 11 is 0. The van der Waals surface area contributed by atoms with E-state index in [-0.39, 0.29) is 211 Å². The largest absolute Gasteiger partial charge is 0.358 e. The second-order valence-electron chi connectivity index (χ2n) is 0. The maximum absolute atomic E-state index is 2.00. The van der Waals surface area contributed by atoms with E-state index in [0.717, 1.165) is 0 Å². The molecule has 0 amide bonds. The molecule has 0 aliphatic carbocycles. The van der Waals surface area contributed by atoms with Crippen LogP contribution in [0.3, 0.4) is 0 Å². The molecule has 6 radical (unpaired) electrons. The van der Waals surface area contributed by atoms with Crippen molar-refractivity contribution in [2.45, 2.75) is 13.8 Å². The van der Waals surface area contributed by atoms with E-state index in [1.165, 1.54) is 0 Å². The van der Waals surface area contributed by atoms with Crippen molar-refractivity contribution in [2.75, 3.05) is 0 Å². The van der Waals surface area contributed by atoms with Gasteiger partial charge in [-0.05, 0) is 0 Å². The molecule has 0 fully saturated rings. The summed E-state index contributed by atoms with van der Waals surface area (Å²) < 4.78 is 0. The summed E-state index contributed by atoms with van der Waals surface area (Å²) in [6, 6.07) is 0. The van der Waals surface area contributed by atoms with Gasteiger partial charge in [-0.25, -0.2) is 0 Å². The standard InChI is InChI=1S/C2H6.2CH3.6Y/c1-2;;;;;;;;/h1-2H3;2*1H3;;;;;;/q;2*-1;;;;;;. The van der Waals surface area contributed by atoms with Gasteiger partial charge in [-0.3, -0.25) is 0 Å². The molecule has 0 unspecified atom stereocenters. The maximum atomic E-state index is 2.00. The Morgan fingerprint density at radius 1 is 0.400 bits per heavy atom. The van der Waals surface area contributed by atoms with Gasteiger partial charge in [-0.1, -0.05) is 13.8 Å². The van der Waals surface area contributed by atoms with Gasteiger partial charge < -0.3 is 14.9 Å². The van der Waals surface area contributed by atoms with Crippen LogP contribution in [0.2, 0.25) is 0 Å². The first-order valence-corrected chi connectivity index (χ1v) is 1.00. The normalized spacial score (nSPS) is 0.600. The monoisotopic (exact) mass is 594 g/mol. The molecular formula is C4H12Y6-2. The van der Waals surface area contributed by atoms with Gasteiger partial charge in [-0.2, -0.15) is 0 Å². The fourth-order valence-electron chi connectivity index (χ4n) is 0. The number of rotatable bonds is 0. The summed E-state index contributed by atoms with van der Waals surface area (Å²) in [5.74, 6) is 0. The first kappa shape index (κ1) is 69.8. The number of hydrogen-bond acceptors (Lipinski definition) is 0. The zero-order valence-electron chi connectivity index (χ0n) is 7.46. The van der Waals surface area contributed by atoms with Crippen LogP contribution in [-0.2, 0) is 196 Å². The van der Waals surface area contributed by atoms with E-state index in [1.54, 1.807) is 0 Å². The van der Waals surface area contributed by atoms with Gasteiger partial charge >= 0.3 is 0 Å². The third-order valence-corrected chi connectivity index (χ3v) is 0. The summed E-state index contributed by atoms with van der Waals surface area (Å²) in [5, 5.41) is 0. The molecule has 0 saturated carbocycles. The smallest absolute Gasteiger partial charge is 0 e. The molecule has 6 heteroatoms. The van der Waals surface area contributed by atoms with Crippen LogP contribution < -0.4 is 0 Å². The summed E-state index contributed by atoms with van der Waals surface area (Å²) in [5.41, 5.74) is 0. The van der Waals surface area contributed by atoms with Crippen molar-refractivity contribution in [3.63, 3.8) is 0 Å². The van der Waals surface area contributed by atoms with E-state index in [1.807, 2.05) is 13.8 Å². The van der Waals surface area contributed by atoms with Crippen LogP contribution in [0.15, 0.2) is 0 Å². The summed E-state index contributed by atoms with van der Waals surface area (Å²) in [7, 11) is 0. The summed E-state index contributed by atoms with van der Waals surface area (Å²) in [6.45, 7) is 4.00. The minimum atomic E-state index is 0. The molecule has 0 nitrogen and oxygen atoms in total. The molecule has 0 N–H and O–H groups in total. The van der Waals surface area contributed by atoms with Crippen molar-refractivity contribution >= 4 is 0 Å². The molecule has 0 aromatic carbocycles. The maximum Gasteiger partial charge on any atom is 0 e. The predicted molar refractivity (Wildman–Crippen MR) is 24.2 cm³/mol. The van der Waals surface area contributed by atoms with E-state index in [9.17, 15) is 0 Å². The third-order valence-electron chi connectivity index (χ3n) is 0. The average molecular weight is 594 g/mol. The van der Waals surface area contributed by atoms with Crippen LogP contribution in [0.4, 0.5) is 0 Å². The fourth-order valence-corrected chi connectivity index (χ4v) is 0. The van der Waals surface area contributed by atoms with Gasteiger partial charge in [0.15, 0.2) is 0 Å². The first-order chi connectivity index (χ1) is 1.00. The molecule has 0 atom stereocenters. The Kier molecular flexibility index (Phi) is 532. The second-order valence-corrected chi connectivity index (χ2v) is 0. The molecule has 0 heterocycles. The minimum absolute atomic E-state index is 0. The van der Waals surface area contributed by atoms with Crippen molar-refractivity contribution in [3.05, 3.63) is 14.9 Å². The molecule has 0 aliphatic rings. The minimum Gasteiger partial charge on any atom is -0.358 e. The Balaban J connectivity index is -0.000000000179. The summed E-state index contributed by atoms with van der Waals surface area (Å²) in [6.07, 6.45) is 0. The van der Waals surface area contributed by atoms with Crippen LogP contribution in [0.25, 0.3) is 0 Å². The van der Waals surface area contributed by atoms with Crippen LogP contribution >= 0.6 is 0 Å². The quantitative estimate of drug-likeness (QED) is 0.377. The van der Waals surface area contributed by atoms with E-state index >= 15 is 0 Å². The van der Waals surface area contributed by atoms with E-state index < -0.39 is 0 Å². The van der Waals surface area contributed by atoms with Crippen LogP contribution in [0.5, 0.6) is 0 Å². The Labute approximate surface area is 218 Å². The SMILES string of the molecule is CC.[CH3-].[CH3-].[Y].[Y].[Y].[Y].[Y].[Y]. The van der Waals surface area contributed by atoms with E-state index in [2.05, 4.69) is 0 Å². The van der Waals surface area contributed by atoms with Gasteiger partial charge in [0.25, 0.3) is 0 Å². The van der Waals surface area contributed by atoms with Gasteiger partial charge in [0.05, 0.1) is 0 Å².